The zero-order valence-electron chi connectivity index (χ0n) is 9.64. The number of thiophene rings is 2. The van der Waals surface area contributed by atoms with E-state index in [1.807, 2.05) is 6.07 Å². The van der Waals surface area contributed by atoms with E-state index in [1.54, 1.807) is 22.7 Å². The quantitative estimate of drug-likeness (QED) is 0.891. The van der Waals surface area contributed by atoms with Gasteiger partial charge in [-0.2, -0.15) is 5.26 Å². The Morgan fingerprint density at radius 2 is 2.24 bits per heavy atom. The second-order valence-electron chi connectivity index (χ2n) is 3.68. The van der Waals surface area contributed by atoms with Crippen LogP contribution in [0.5, 0.6) is 0 Å². The van der Waals surface area contributed by atoms with Crippen molar-refractivity contribution in [1.29, 1.82) is 5.26 Å². The molecule has 0 aromatic carbocycles. The minimum Gasteiger partial charge on any atom is -0.293 e. The molecule has 0 fully saturated rings. The highest BCUT2D eigenvalue weighted by molar-refractivity contribution is 7.12. The van der Waals surface area contributed by atoms with Gasteiger partial charge in [0.25, 0.3) is 0 Å². The molecule has 1 unspecified atom stereocenters. The summed E-state index contributed by atoms with van der Waals surface area (Å²) in [6.07, 6.45) is 1.04. The van der Waals surface area contributed by atoms with Crippen LogP contribution in [0.4, 0.5) is 0 Å². The maximum Gasteiger partial charge on any atom is 0.130 e. The van der Waals surface area contributed by atoms with E-state index in [-0.39, 0.29) is 6.04 Å². The van der Waals surface area contributed by atoms with Gasteiger partial charge in [0.2, 0.25) is 0 Å². The monoisotopic (exact) mass is 262 g/mol. The summed E-state index contributed by atoms with van der Waals surface area (Å²) < 4.78 is 0. The summed E-state index contributed by atoms with van der Waals surface area (Å²) in [6.45, 7) is 2.89. The van der Waals surface area contributed by atoms with Gasteiger partial charge in [-0.05, 0) is 30.0 Å². The standard InChI is InChI=1S/C13H14N2S2/c1-2-10-5-6-13(17-10)12(8-14)15-9-11-4-3-7-16-11/h3-7,12,15H,2,9H2,1H3. The van der Waals surface area contributed by atoms with Gasteiger partial charge in [-0.3, -0.25) is 5.32 Å². The summed E-state index contributed by atoms with van der Waals surface area (Å²) >= 11 is 3.43. The van der Waals surface area contributed by atoms with Crippen LogP contribution < -0.4 is 5.32 Å². The maximum absolute atomic E-state index is 9.19. The molecule has 0 aliphatic carbocycles. The van der Waals surface area contributed by atoms with E-state index in [1.165, 1.54) is 9.75 Å². The average Bonchev–Trinajstić information content (AvgIpc) is 3.00. The van der Waals surface area contributed by atoms with Crippen LogP contribution in [0.1, 0.15) is 27.6 Å². The lowest BCUT2D eigenvalue weighted by Gasteiger charge is -2.08. The highest BCUT2D eigenvalue weighted by Gasteiger charge is 2.12. The van der Waals surface area contributed by atoms with Crippen LogP contribution in [-0.4, -0.2) is 0 Å². The molecule has 0 saturated heterocycles. The van der Waals surface area contributed by atoms with Crippen molar-refractivity contribution in [3.8, 4) is 6.07 Å². The number of nitrogens with one attached hydrogen (secondary N) is 1. The van der Waals surface area contributed by atoms with Gasteiger partial charge in [0.1, 0.15) is 6.04 Å². The van der Waals surface area contributed by atoms with Crippen LogP contribution in [0.2, 0.25) is 0 Å². The fourth-order valence-corrected chi connectivity index (χ4v) is 3.19. The molecule has 17 heavy (non-hydrogen) atoms. The molecule has 0 saturated carbocycles. The number of nitrogens with zero attached hydrogens (tertiary/aromatic N) is 1. The van der Waals surface area contributed by atoms with Gasteiger partial charge in [0, 0.05) is 21.2 Å². The van der Waals surface area contributed by atoms with Gasteiger partial charge in [-0.15, -0.1) is 22.7 Å². The van der Waals surface area contributed by atoms with Crippen LogP contribution >= 0.6 is 22.7 Å². The van der Waals surface area contributed by atoms with Crippen LogP contribution in [-0.2, 0) is 13.0 Å². The molecular weight excluding hydrogens is 248 g/mol. The van der Waals surface area contributed by atoms with Crippen molar-refractivity contribution in [2.24, 2.45) is 0 Å². The third-order valence-electron chi connectivity index (χ3n) is 2.51. The van der Waals surface area contributed by atoms with Gasteiger partial charge in [-0.25, -0.2) is 0 Å². The normalized spacial score (nSPS) is 12.2. The van der Waals surface area contributed by atoms with E-state index in [0.29, 0.717) is 0 Å². The largest absolute Gasteiger partial charge is 0.293 e. The summed E-state index contributed by atoms with van der Waals surface area (Å²) in [5.41, 5.74) is 0. The van der Waals surface area contributed by atoms with Gasteiger partial charge >= 0.3 is 0 Å². The lowest BCUT2D eigenvalue weighted by molar-refractivity contribution is 0.644. The van der Waals surface area contributed by atoms with Crippen molar-refractivity contribution in [2.45, 2.75) is 25.9 Å². The van der Waals surface area contributed by atoms with Gasteiger partial charge < -0.3 is 0 Å². The molecule has 0 amide bonds. The van der Waals surface area contributed by atoms with Crippen molar-refractivity contribution in [2.75, 3.05) is 0 Å². The lowest BCUT2D eigenvalue weighted by Crippen LogP contribution is -2.17. The zero-order valence-corrected chi connectivity index (χ0v) is 11.3. The number of hydrogen-bond acceptors (Lipinski definition) is 4. The van der Waals surface area contributed by atoms with Gasteiger partial charge in [-0.1, -0.05) is 13.0 Å². The molecule has 1 N–H and O–H groups in total. The molecule has 4 heteroatoms. The first-order chi connectivity index (χ1) is 8.33. The molecule has 88 valence electrons. The molecule has 2 aromatic heterocycles. The first kappa shape index (κ1) is 12.3. The van der Waals surface area contributed by atoms with Crippen molar-refractivity contribution in [3.05, 3.63) is 44.3 Å². The van der Waals surface area contributed by atoms with E-state index in [9.17, 15) is 5.26 Å². The van der Waals surface area contributed by atoms with Crippen LogP contribution in [0.3, 0.4) is 0 Å². The SMILES string of the molecule is CCc1ccc(C(C#N)NCc2cccs2)s1. The summed E-state index contributed by atoms with van der Waals surface area (Å²) in [5.74, 6) is 0. The third-order valence-corrected chi connectivity index (χ3v) is 4.68. The molecule has 2 heterocycles. The Bertz CT molecular complexity index is 494. The van der Waals surface area contributed by atoms with E-state index in [0.717, 1.165) is 17.8 Å². The Balaban J connectivity index is 1.99. The first-order valence-corrected chi connectivity index (χ1v) is 7.27. The highest BCUT2D eigenvalue weighted by Crippen LogP contribution is 2.24. The minimum atomic E-state index is -0.192. The second kappa shape index (κ2) is 5.97. The van der Waals surface area contributed by atoms with Crippen molar-refractivity contribution >= 4 is 22.7 Å². The van der Waals surface area contributed by atoms with Crippen LogP contribution in [0, 0.1) is 11.3 Å². The van der Waals surface area contributed by atoms with Crippen molar-refractivity contribution < 1.29 is 0 Å². The van der Waals surface area contributed by atoms with Crippen LogP contribution in [0.15, 0.2) is 29.6 Å². The van der Waals surface area contributed by atoms with Gasteiger partial charge in [0.15, 0.2) is 0 Å². The Morgan fingerprint density at radius 1 is 1.35 bits per heavy atom. The Morgan fingerprint density at radius 3 is 2.82 bits per heavy atom. The molecule has 0 spiro atoms. The van der Waals surface area contributed by atoms with E-state index < -0.39 is 0 Å². The Hall–Kier alpha value is -1.15. The van der Waals surface area contributed by atoms with E-state index in [4.69, 9.17) is 0 Å². The molecule has 0 aliphatic heterocycles. The molecule has 0 aliphatic rings. The summed E-state index contributed by atoms with van der Waals surface area (Å²) in [4.78, 5) is 3.71. The minimum absolute atomic E-state index is 0.192. The van der Waals surface area contributed by atoms with E-state index in [2.05, 4.69) is 41.9 Å². The Kier molecular flexibility index (Phi) is 4.32. The highest BCUT2D eigenvalue weighted by atomic mass is 32.1. The fourth-order valence-electron chi connectivity index (χ4n) is 1.57. The summed E-state index contributed by atoms with van der Waals surface area (Å²) in [6, 6.07) is 10.4. The maximum atomic E-state index is 9.19. The molecule has 0 radical (unpaired) electrons. The van der Waals surface area contributed by atoms with Crippen LogP contribution in [0.25, 0.3) is 0 Å². The molecule has 1 atom stereocenters. The average molecular weight is 262 g/mol. The molecule has 2 rings (SSSR count). The molecule has 2 nitrogen and oxygen atoms in total. The molecule has 0 bridgehead atoms. The second-order valence-corrected chi connectivity index (χ2v) is 5.91. The summed E-state index contributed by atoms with van der Waals surface area (Å²) in [7, 11) is 0. The van der Waals surface area contributed by atoms with E-state index >= 15 is 0 Å². The van der Waals surface area contributed by atoms with Gasteiger partial charge in [0.05, 0.1) is 6.07 Å². The summed E-state index contributed by atoms with van der Waals surface area (Å²) in [5, 5.41) is 14.5. The predicted molar refractivity (Wildman–Crippen MR) is 73.2 cm³/mol. The number of hydrogen-bond donors (Lipinski definition) is 1. The van der Waals surface area contributed by atoms with Crippen molar-refractivity contribution in [3.63, 3.8) is 0 Å². The number of nitriles is 1. The topological polar surface area (TPSA) is 35.8 Å². The third kappa shape index (κ3) is 3.16. The lowest BCUT2D eigenvalue weighted by atomic mass is 10.2. The number of aryl methyl sites for hydroxylation is 1. The zero-order chi connectivity index (χ0) is 12.1. The molecule has 2 aromatic rings. The van der Waals surface area contributed by atoms with Crippen molar-refractivity contribution in [1.82, 2.24) is 5.32 Å². The first-order valence-electron chi connectivity index (χ1n) is 5.57. The predicted octanol–water partition coefficient (Wildman–Crippen LogP) is 3.73. The molecular formula is C13H14N2S2. The Labute approximate surface area is 110 Å². The smallest absolute Gasteiger partial charge is 0.130 e. The number of rotatable bonds is 5. The fraction of sp³-hybridized carbons (Fsp3) is 0.308.